The van der Waals surface area contributed by atoms with E-state index >= 15 is 0 Å². The van der Waals surface area contributed by atoms with Crippen LogP contribution in [0.2, 0.25) is 0 Å². The van der Waals surface area contributed by atoms with Gasteiger partial charge in [0, 0.05) is 43.5 Å². The number of benzene rings is 2. The van der Waals surface area contributed by atoms with Crippen molar-refractivity contribution >= 4 is 28.4 Å². The van der Waals surface area contributed by atoms with E-state index in [0.717, 1.165) is 18.7 Å². The zero-order valence-corrected chi connectivity index (χ0v) is 15.2. The molecule has 1 atom stereocenters. The maximum atomic E-state index is 12.4. The number of nitrogens with one attached hydrogen (secondary N) is 1. The Bertz CT molecular complexity index is 948. The van der Waals surface area contributed by atoms with Gasteiger partial charge >= 0.3 is 0 Å². The van der Waals surface area contributed by atoms with E-state index in [9.17, 15) is 9.59 Å². The van der Waals surface area contributed by atoms with Gasteiger partial charge in [0.15, 0.2) is 0 Å². The summed E-state index contributed by atoms with van der Waals surface area (Å²) < 4.78 is 2.21. The maximum absolute atomic E-state index is 12.4. The molecule has 1 aliphatic rings. The van der Waals surface area contributed by atoms with Crippen molar-refractivity contribution < 1.29 is 9.59 Å². The Kier molecular flexibility index (Phi) is 4.92. The van der Waals surface area contributed by atoms with Crippen molar-refractivity contribution in [3.05, 3.63) is 66.9 Å². The summed E-state index contributed by atoms with van der Waals surface area (Å²) in [4.78, 5) is 26.4. The van der Waals surface area contributed by atoms with Crippen molar-refractivity contribution in [1.29, 1.82) is 0 Å². The summed E-state index contributed by atoms with van der Waals surface area (Å²) in [6.45, 7) is 1.92. The third-order valence-electron chi connectivity index (χ3n) is 5.12. The number of carbonyl (C=O) groups excluding carboxylic acids is 2. The van der Waals surface area contributed by atoms with E-state index in [1.54, 1.807) is 4.90 Å². The van der Waals surface area contributed by atoms with Gasteiger partial charge in [0.1, 0.15) is 0 Å². The van der Waals surface area contributed by atoms with E-state index in [0.29, 0.717) is 13.1 Å². The molecule has 1 N–H and O–H groups in total. The topological polar surface area (TPSA) is 54.3 Å². The second kappa shape index (κ2) is 7.66. The summed E-state index contributed by atoms with van der Waals surface area (Å²) in [7, 11) is 0. The summed E-state index contributed by atoms with van der Waals surface area (Å²) in [5.41, 5.74) is 2.07. The minimum absolute atomic E-state index is 0.0140. The Balaban J connectivity index is 1.27. The van der Waals surface area contributed by atoms with Crippen LogP contribution >= 0.6 is 0 Å². The molecule has 2 aromatic carbocycles. The van der Waals surface area contributed by atoms with Crippen LogP contribution in [0.3, 0.4) is 0 Å². The Morgan fingerprint density at radius 1 is 1.04 bits per heavy atom. The second-order valence-electron chi connectivity index (χ2n) is 6.95. The third kappa shape index (κ3) is 3.72. The van der Waals surface area contributed by atoms with Crippen LogP contribution in [0.15, 0.2) is 66.9 Å². The Labute approximate surface area is 158 Å². The molecule has 1 saturated heterocycles. The monoisotopic (exact) mass is 361 g/mol. The molecule has 3 aromatic rings. The highest BCUT2D eigenvalue weighted by molar-refractivity contribution is 6.00. The smallest absolute Gasteiger partial charge is 0.227 e. The van der Waals surface area contributed by atoms with Crippen LogP contribution in [-0.4, -0.2) is 29.5 Å². The lowest BCUT2D eigenvalue weighted by atomic mass is 10.1. The molecule has 0 saturated carbocycles. The number of aryl methyl sites for hydroxylation is 1. The molecule has 4 rings (SSSR count). The third-order valence-corrected chi connectivity index (χ3v) is 5.12. The molecule has 138 valence electrons. The van der Waals surface area contributed by atoms with Crippen molar-refractivity contribution in [1.82, 2.24) is 9.88 Å². The molecule has 0 spiro atoms. The Morgan fingerprint density at radius 3 is 2.67 bits per heavy atom. The number of aromatic nitrogens is 1. The van der Waals surface area contributed by atoms with E-state index in [4.69, 9.17) is 0 Å². The lowest BCUT2D eigenvalue weighted by Crippen LogP contribution is -2.33. The molecule has 0 radical (unpaired) electrons. The normalized spacial score (nSPS) is 16.8. The summed E-state index contributed by atoms with van der Waals surface area (Å²) in [6, 6.07) is 19.9. The average Bonchev–Trinajstić information content (AvgIpc) is 3.29. The minimum atomic E-state index is -0.273. The predicted octanol–water partition coefficient (Wildman–Crippen LogP) is 3.20. The highest BCUT2D eigenvalue weighted by Crippen LogP contribution is 2.24. The molecule has 5 heteroatoms. The molecule has 0 unspecified atom stereocenters. The number of hydrogen-bond donors (Lipinski definition) is 1. The van der Waals surface area contributed by atoms with Crippen molar-refractivity contribution in [2.24, 2.45) is 5.92 Å². The van der Waals surface area contributed by atoms with Crippen LogP contribution in [0.1, 0.15) is 12.8 Å². The molecular weight excluding hydrogens is 338 g/mol. The van der Waals surface area contributed by atoms with E-state index in [1.807, 2.05) is 42.5 Å². The Hall–Kier alpha value is -3.08. The van der Waals surface area contributed by atoms with E-state index in [1.165, 1.54) is 10.9 Å². The standard InChI is InChI=1S/C22H23N3O2/c26-21-15-18(16-25(21)19-8-2-1-3-9-19)22(27)23-12-6-13-24-14-11-17-7-4-5-10-20(17)24/h1-5,7-11,14,18H,6,12-13,15-16H2,(H,23,27)/t18-/m0/s1. The molecule has 1 fully saturated rings. The van der Waals surface area contributed by atoms with Gasteiger partial charge < -0.3 is 14.8 Å². The average molecular weight is 361 g/mol. The zero-order chi connectivity index (χ0) is 18.6. The molecular formula is C22H23N3O2. The fourth-order valence-corrected chi connectivity index (χ4v) is 3.68. The van der Waals surface area contributed by atoms with E-state index < -0.39 is 0 Å². The van der Waals surface area contributed by atoms with Crippen LogP contribution in [-0.2, 0) is 16.1 Å². The highest BCUT2D eigenvalue weighted by atomic mass is 16.2. The molecule has 2 amide bonds. The number of hydrogen-bond acceptors (Lipinski definition) is 2. The van der Waals surface area contributed by atoms with Crippen LogP contribution < -0.4 is 10.2 Å². The maximum Gasteiger partial charge on any atom is 0.227 e. The second-order valence-corrected chi connectivity index (χ2v) is 6.95. The van der Waals surface area contributed by atoms with Gasteiger partial charge in [-0.2, -0.15) is 0 Å². The molecule has 5 nitrogen and oxygen atoms in total. The van der Waals surface area contributed by atoms with Crippen LogP contribution in [0.25, 0.3) is 10.9 Å². The van der Waals surface area contributed by atoms with Gasteiger partial charge in [0.2, 0.25) is 11.8 Å². The first-order valence-electron chi connectivity index (χ1n) is 9.39. The first-order chi connectivity index (χ1) is 13.2. The van der Waals surface area contributed by atoms with Gasteiger partial charge in [0.05, 0.1) is 5.92 Å². The molecule has 1 aromatic heterocycles. The van der Waals surface area contributed by atoms with Gasteiger partial charge in [-0.1, -0.05) is 36.4 Å². The lowest BCUT2D eigenvalue weighted by Gasteiger charge is -2.16. The largest absolute Gasteiger partial charge is 0.356 e. The summed E-state index contributed by atoms with van der Waals surface area (Å²) >= 11 is 0. The first-order valence-corrected chi connectivity index (χ1v) is 9.39. The Morgan fingerprint density at radius 2 is 1.81 bits per heavy atom. The number of amides is 2. The molecule has 2 heterocycles. The van der Waals surface area contributed by atoms with Gasteiger partial charge in [-0.3, -0.25) is 9.59 Å². The van der Waals surface area contributed by atoms with Crippen LogP contribution in [0.5, 0.6) is 0 Å². The highest BCUT2D eigenvalue weighted by Gasteiger charge is 2.34. The van der Waals surface area contributed by atoms with Crippen LogP contribution in [0, 0.1) is 5.92 Å². The quantitative estimate of drug-likeness (QED) is 0.686. The first kappa shape index (κ1) is 17.3. The summed E-state index contributed by atoms with van der Waals surface area (Å²) in [5.74, 6) is -0.288. The number of nitrogens with zero attached hydrogens (tertiary/aromatic N) is 2. The predicted molar refractivity (Wildman–Crippen MR) is 106 cm³/mol. The van der Waals surface area contributed by atoms with E-state index in [-0.39, 0.29) is 24.2 Å². The minimum Gasteiger partial charge on any atom is -0.356 e. The van der Waals surface area contributed by atoms with Crippen molar-refractivity contribution in [3.63, 3.8) is 0 Å². The molecule has 0 bridgehead atoms. The summed E-state index contributed by atoms with van der Waals surface area (Å²) in [5, 5.41) is 4.23. The van der Waals surface area contributed by atoms with Crippen LogP contribution in [0.4, 0.5) is 5.69 Å². The van der Waals surface area contributed by atoms with Crippen molar-refractivity contribution in [3.8, 4) is 0 Å². The number of carbonyl (C=O) groups is 2. The SMILES string of the molecule is O=C(NCCCn1ccc2ccccc21)[C@H]1CC(=O)N(c2ccccc2)C1. The lowest BCUT2D eigenvalue weighted by molar-refractivity contribution is -0.126. The van der Waals surface area contributed by atoms with Gasteiger partial charge in [0.25, 0.3) is 0 Å². The fourth-order valence-electron chi connectivity index (χ4n) is 3.68. The number of anilines is 1. The molecule has 0 aliphatic carbocycles. The van der Waals surface area contributed by atoms with Crippen molar-refractivity contribution in [2.75, 3.05) is 18.0 Å². The van der Waals surface area contributed by atoms with E-state index in [2.05, 4.69) is 34.3 Å². The molecule has 27 heavy (non-hydrogen) atoms. The fraction of sp³-hybridized carbons (Fsp3) is 0.273. The van der Waals surface area contributed by atoms with Gasteiger partial charge in [-0.25, -0.2) is 0 Å². The molecule has 1 aliphatic heterocycles. The number of para-hydroxylation sites is 2. The van der Waals surface area contributed by atoms with Gasteiger partial charge in [-0.05, 0) is 36.1 Å². The summed E-state index contributed by atoms with van der Waals surface area (Å²) in [6.07, 6.45) is 3.22. The zero-order valence-electron chi connectivity index (χ0n) is 15.2. The number of rotatable bonds is 6. The van der Waals surface area contributed by atoms with Crippen molar-refractivity contribution in [2.45, 2.75) is 19.4 Å². The van der Waals surface area contributed by atoms with Gasteiger partial charge in [-0.15, -0.1) is 0 Å². The number of fused-ring (bicyclic) bond motifs is 1.